The molecule has 0 radical (unpaired) electrons. The largest absolute Gasteiger partial charge is 0.497 e. The zero-order valence-corrected chi connectivity index (χ0v) is 34.4. The molecule has 3 heterocycles. The fourth-order valence-corrected chi connectivity index (χ4v) is 9.74. The maximum absolute atomic E-state index is 14.8. The number of hydrogen-bond donors (Lipinski definition) is 1. The van der Waals surface area contributed by atoms with Crippen molar-refractivity contribution in [1.82, 2.24) is 14.6 Å². The molecule has 2 amide bonds. The van der Waals surface area contributed by atoms with E-state index in [1.54, 1.807) is 59.1 Å². The molecular formula is C41H54ClN3O9S. The Bertz CT molecular complexity index is 1990. The van der Waals surface area contributed by atoms with Crippen LogP contribution in [-0.2, 0) is 33.9 Å². The van der Waals surface area contributed by atoms with Crippen molar-refractivity contribution < 1.29 is 41.8 Å². The number of benzene rings is 1. The van der Waals surface area contributed by atoms with Crippen LogP contribution in [0, 0.1) is 29.1 Å². The van der Waals surface area contributed by atoms with Crippen LogP contribution in [-0.4, -0.2) is 78.0 Å². The number of sulfonamides is 1. The Labute approximate surface area is 329 Å². The van der Waals surface area contributed by atoms with Gasteiger partial charge in [-0.25, -0.2) is 13.4 Å². The first-order valence-corrected chi connectivity index (χ1v) is 21.2. The number of hydrogen-bond acceptors (Lipinski definition) is 10. The normalized spacial score (nSPS) is 30.3. The first-order valence-electron chi connectivity index (χ1n) is 19.3. The van der Waals surface area contributed by atoms with E-state index in [1.807, 2.05) is 19.1 Å². The van der Waals surface area contributed by atoms with Crippen molar-refractivity contribution in [2.24, 2.45) is 29.1 Å². The van der Waals surface area contributed by atoms with Gasteiger partial charge >= 0.3 is 5.97 Å². The number of nitrogens with one attached hydrogen (secondary N) is 1. The molecule has 7 atom stereocenters. The van der Waals surface area contributed by atoms with Gasteiger partial charge < -0.3 is 19.1 Å². The highest BCUT2D eigenvalue weighted by atomic mass is 35.5. The second kappa shape index (κ2) is 15.3. The predicted octanol–water partition coefficient (Wildman–Crippen LogP) is 6.57. The lowest BCUT2D eigenvalue weighted by atomic mass is 9.82. The molecule has 300 valence electrons. The number of pyridine rings is 1. The zero-order chi connectivity index (χ0) is 40.1. The SMILES string of the molecule is COc1ccc2c(Cl)cc(O[C@@H]3C[C@H]4C(=O)C[C@]5(C(=O)NS(=O)(=O)C6(C)CC6)C[C@H]5/C=C\CC[C@@H](C)C[C@@H](C)[C@H](CC(=O)OC(C)(C)C)C(=O)N4C3)nc2c1. The minimum atomic E-state index is -3.96. The average molecular weight is 800 g/mol. The third kappa shape index (κ3) is 8.98. The smallest absolute Gasteiger partial charge is 0.307 e. The van der Waals surface area contributed by atoms with Crippen molar-refractivity contribution in [3.63, 3.8) is 0 Å². The molecule has 12 nitrogen and oxygen atoms in total. The van der Waals surface area contributed by atoms with Crippen LogP contribution in [0.25, 0.3) is 10.9 Å². The van der Waals surface area contributed by atoms with E-state index in [1.165, 1.54) is 4.90 Å². The molecule has 3 fully saturated rings. The number of esters is 1. The van der Waals surface area contributed by atoms with Gasteiger partial charge in [0.25, 0.3) is 0 Å². The molecule has 2 saturated carbocycles. The van der Waals surface area contributed by atoms with Gasteiger partial charge in [-0.05, 0) is 96.1 Å². The minimum Gasteiger partial charge on any atom is -0.497 e. The van der Waals surface area contributed by atoms with Crippen molar-refractivity contribution in [1.29, 1.82) is 0 Å². The Balaban J connectivity index is 1.34. The van der Waals surface area contributed by atoms with Crippen molar-refractivity contribution >= 4 is 56.1 Å². The average Bonchev–Trinajstić information content (AvgIpc) is 3.97. The van der Waals surface area contributed by atoms with Crippen LogP contribution >= 0.6 is 11.6 Å². The van der Waals surface area contributed by atoms with E-state index in [0.717, 1.165) is 6.42 Å². The molecule has 4 aliphatic rings. The van der Waals surface area contributed by atoms with E-state index in [2.05, 4.69) is 16.6 Å². The van der Waals surface area contributed by atoms with Crippen molar-refractivity contribution in [3.8, 4) is 11.6 Å². The van der Waals surface area contributed by atoms with E-state index in [4.69, 9.17) is 25.8 Å². The summed E-state index contributed by atoms with van der Waals surface area (Å²) in [5, 5.41) is 1.10. The number of aromatic nitrogens is 1. The number of allylic oxidation sites excluding steroid dienone is 2. The maximum Gasteiger partial charge on any atom is 0.307 e. The van der Waals surface area contributed by atoms with E-state index in [-0.39, 0.29) is 61.1 Å². The topological polar surface area (TPSA) is 158 Å². The van der Waals surface area contributed by atoms with Gasteiger partial charge in [0.1, 0.15) is 17.5 Å². The minimum absolute atomic E-state index is 0.0209. The van der Waals surface area contributed by atoms with Gasteiger partial charge in [-0.2, -0.15) is 0 Å². The van der Waals surface area contributed by atoms with Crippen LogP contribution in [0.2, 0.25) is 5.02 Å². The first-order chi connectivity index (χ1) is 25.7. The molecule has 0 unspecified atom stereocenters. The standard InChI is InChI=1S/C41H54ClN3O9S/c1-24-10-8-9-11-26-21-41(26,38(49)44-55(50,51)40(6)14-15-40)22-34(46)33-18-28(53-35-20-31(42)29-13-12-27(52-7)17-32(29)43-35)23-45(33)37(48)30(25(2)16-24)19-36(47)54-39(3,4)5/h9,11-13,17,20,24-26,28,30,33H,8,10,14-16,18-19,21-23H2,1-7H3,(H,44,49)/b11-9-/t24-,25-,26-,28-,30+,33+,41-/m1/s1. The highest BCUT2D eigenvalue weighted by Gasteiger charge is 2.62. The monoisotopic (exact) mass is 799 g/mol. The van der Waals surface area contributed by atoms with Crippen LogP contribution in [0.5, 0.6) is 11.6 Å². The third-order valence-corrected chi connectivity index (χ3v) is 14.3. The summed E-state index contributed by atoms with van der Waals surface area (Å²) >= 11 is 6.64. The number of Topliss-reactive ketones (excluding diaryl/α,β-unsaturated/α-hetero) is 1. The Morgan fingerprint density at radius 2 is 1.84 bits per heavy atom. The Hall–Kier alpha value is -3.71. The predicted molar refractivity (Wildman–Crippen MR) is 208 cm³/mol. The van der Waals surface area contributed by atoms with E-state index in [0.29, 0.717) is 53.8 Å². The fourth-order valence-electron chi connectivity index (χ4n) is 8.15. The van der Waals surface area contributed by atoms with Crippen LogP contribution in [0.4, 0.5) is 0 Å². The number of carbonyl (C=O) groups excluding carboxylic acids is 4. The number of nitrogens with zero attached hydrogens (tertiary/aromatic N) is 2. The number of carbonyl (C=O) groups is 4. The summed E-state index contributed by atoms with van der Waals surface area (Å²) in [6.07, 6.45) is 6.33. The molecule has 1 aromatic carbocycles. The van der Waals surface area contributed by atoms with Gasteiger partial charge in [0.15, 0.2) is 5.78 Å². The second-order valence-electron chi connectivity index (χ2n) is 17.5. The van der Waals surface area contributed by atoms with Gasteiger partial charge in [0.2, 0.25) is 27.7 Å². The summed E-state index contributed by atoms with van der Waals surface area (Å²) in [5.41, 5.74) is -1.49. The third-order valence-electron chi connectivity index (χ3n) is 11.8. The van der Waals surface area contributed by atoms with Gasteiger partial charge in [0.05, 0.1) is 52.7 Å². The molecule has 55 heavy (non-hydrogen) atoms. The van der Waals surface area contributed by atoms with Gasteiger partial charge in [0, 0.05) is 30.4 Å². The summed E-state index contributed by atoms with van der Waals surface area (Å²) in [6, 6.07) is 5.90. The maximum atomic E-state index is 14.8. The van der Waals surface area contributed by atoms with Crippen LogP contribution in [0.15, 0.2) is 36.4 Å². The number of halogens is 1. The highest BCUT2D eigenvalue weighted by Crippen LogP contribution is 2.57. The molecule has 6 rings (SSSR count). The molecule has 14 heteroatoms. The Morgan fingerprint density at radius 1 is 1.11 bits per heavy atom. The molecule has 2 aromatic rings. The van der Waals surface area contributed by atoms with Gasteiger partial charge in [-0.3, -0.25) is 23.9 Å². The number of methoxy groups -OCH3 is 1. The fraction of sp³-hybridized carbons (Fsp3) is 0.634. The number of ketones is 1. The summed E-state index contributed by atoms with van der Waals surface area (Å²) < 4.78 is 45.2. The van der Waals surface area contributed by atoms with Gasteiger partial charge in [-0.15, -0.1) is 0 Å². The van der Waals surface area contributed by atoms with Crippen LogP contribution < -0.4 is 14.2 Å². The Kier molecular flexibility index (Phi) is 11.4. The molecule has 1 saturated heterocycles. The van der Waals surface area contributed by atoms with E-state index < -0.39 is 55.7 Å². The summed E-state index contributed by atoms with van der Waals surface area (Å²) in [4.78, 5) is 62.8. The summed E-state index contributed by atoms with van der Waals surface area (Å²) in [5.74, 6) is -2.30. The van der Waals surface area contributed by atoms with Gasteiger partial charge in [-0.1, -0.05) is 37.6 Å². The van der Waals surface area contributed by atoms with Crippen LogP contribution in [0.3, 0.4) is 0 Å². The van der Waals surface area contributed by atoms with Crippen molar-refractivity contribution in [2.75, 3.05) is 13.7 Å². The lowest BCUT2D eigenvalue weighted by Crippen LogP contribution is -2.48. The molecule has 1 aromatic heterocycles. The lowest BCUT2D eigenvalue weighted by Gasteiger charge is -2.32. The summed E-state index contributed by atoms with van der Waals surface area (Å²) in [6.45, 7) is 11.0. The number of rotatable bonds is 8. The molecule has 0 spiro atoms. The lowest BCUT2D eigenvalue weighted by molar-refractivity contribution is -0.160. The second-order valence-corrected chi connectivity index (χ2v) is 20.1. The van der Waals surface area contributed by atoms with Crippen molar-refractivity contribution in [3.05, 3.63) is 41.4 Å². The first kappa shape index (κ1) is 40.9. The highest BCUT2D eigenvalue weighted by molar-refractivity contribution is 7.91. The Morgan fingerprint density at radius 3 is 2.51 bits per heavy atom. The van der Waals surface area contributed by atoms with Crippen molar-refractivity contribution in [2.45, 2.75) is 122 Å². The molecular weight excluding hydrogens is 746 g/mol. The molecule has 0 bridgehead atoms. The molecule has 1 N–H and O–H groups in total. The molecule has 2 aliphatic carbocycles. The molecule has 2 aliphatic heterocycles. The quantitative estimate of drug-likeness (QED) is 0.229. The summed E-state index contributed by atoms with van der Waals surface area (Å²) in [7, 11) is -2.41. The zero-order valence-electron chi connectivity index (χ0n) is 32.9. The van der Waals surface area contributed by atoms with Crippen LogP contribution in [0.1, 0.15) is 99.3 Å². The number of fused-ring (bicyclic) bond motifs is 3. The van der Waals surface area contributed by atoms with E-state index in [9.17, 15) is 27.6 Å². The number of amides is 2. The van der Waals surface area contributed by atoms with E-state index >= 15 is 0 Å². The number of ether oxygens (including phenoxy) is 3.